The lowest BCUT2D eigenvalue weighted by Gasteiger charge is -2.20. The molecule has 2 heterocycles. The van der Waals surface area contributed by atoms with E-state index in [0.29, 0.717) is 5.92 Å². The summed E-state index contributed by atoms with van der Waals surface area (Å²) in [5.41, 5.74) is 1.03. The third kappa shape index (κ3) is 2.17. The third-order valence-corrected chi connectivity index (χ3v) is 3.92. The van der Waals surface area contributed by atoms with Gasteiger partial charge in [0.15, 0.2) is 0 Å². The van der Waals surface area contributed by atoms with Crippen LogP contribution in [-0.2, 0) is 11.5 Å². The van der Waals surface area contributed by atoms with Gasteiger partial charge in [-0.3, -0.25) is 0 Å². The maximum absolute atomic E-state index is 11.3. The summed E-state index contributed by atoms with van der Waals surface area (Å²) in [4.78, 5) is 7.23. The van der Waals surface area contributed by atoms with Gasteiger partial charge in [-0.25, -0.2) is 4.98 Å². The number of hydrogen-bond acceptors (Lipinski definition) is 4. The minimum atomic E-state index is -1.10. The van der Waals surface area contributed by atoms with Crippen LogP contribution in [0.1, 0.15) is 31.9 Å². The molecule has 2 rings (SSSR count). The lowest BCUT2D eigenvalue weighted by atomic mass is 9.90. The van der Waals surface area contributed by atoms with Gasteiger partial charge in [0, 0.05) is 12.1 Å². The first-order valence-corrected chi connectivity index (χ1v) is 6.30. The highest BCUT2D eigenvalue weighted by Gasteiger charge is 2.39. The fraction of sp³-hybridized carbons (Fsp3) is 0.667. The summed E-state index contributed by atoms with van der Waals surface area (Å²) >= 11 is -1.10. The first-order chi connectivity index (χ1) is 7.22. The summed E-state index contributed by atoms with van der Waals surface area (Å²) in [7, 11) is 0. The zero-order chi connectivity index (χ0) is 10.8. The fourth-order valence-electron chi connectivity index (χ4n) is 2.05. The summed E-state index contributed by atoms with van der Waals surface area (Å²) in [6.45, 7) is 4.16. The van der Waals surface area contributed by atoms with E-state index in [4.69, 9.17) is 0 Å². The summed E-state index contributed by atoms with van der Waals surface area (Å²) in [5, 5.41) is 0. The molecule has 1 aromatic rings. The lowest BCUT2D eigenvalue weighted by Crippen LogP contribution is -2.37. The second-order valence-electron chi connectivity index (χ2n) is 3.83. The van der Waals surface area contributed by atoms with Crippen LogP contribution >= 0.6 is 0 Å². The van der Waals surface area contributed by atoms with Gasteiger partial charge in [-0.05, 0) is 13.3 Å². The quantitative estimate of drug-likeness (QED) is 0.656. The minimum Gasteiger partial charge on any atom is -0.579 e. The number of nitrogens with one attached hydrogen (secondary N) is 3. The third-order valence-electron chi connectivity index (χ3n) is 2.85. The van der Waals surface area contributed by atoms with E-state index in [2.05, 4.69) is 26.3 Å². The van der Waals surface area contributed by atoms with Crippen molar-refractivity contribution in [3.05, 3.63) is 18.2 Å². The zero-order valence-corrected chi connectivity index (χ0v) is 9.67. The van der Waals surface area contributed by atoms with Crippen LogP contribution in [0.2, 0.25) is 0 Å². The second-order valence-corrected chi connectivity index (χ2v) is 4.84. The summed E-state index contributed by atoms with van der Waals surface area (Å²) in [5.74, 6) is 0.296. The van der Waals surface area contributed by atoms with Crippen molar-refractivity contribution in [1.29, 1.82) is 0 Å². The topological polar surface area (TPSA) is 75.8 Å². The van der Waals surface area contributed by atoms with Gasteiger partial charge in [0.05, 0.1) is 24.1 Å². The summed E-state index contributed by atoms with van der Waals surface area (Å²) in [6, 6.07) is 0.381. The first kappa shape index (κ1) is 10.9. The van der Waals surface area contributed by atoms with Crippen molar-refractivity contribution < 1.29 is 4.55 Å². The molecule has 6 heteroatoms. The molecule has 1 aliphatic rings. The molecule has 4 atom stereocenters. The van der Waals surface area contributed by atoms with Gasteiger partial charge in [-0.1, -0.05) is 6.92 Å². The Hall–Kier alpha value is -0.560. The maximum Gasteiger partial charge on any atom is 0.135 e. The highest BCUT2D eigenvalue weighted by atomic mass is 32.2. The predicted molar refractivity (Wildman–Crippen MR) is 59.3 cm³/mol. The Labute approximate surface area is 92.5 Å². The van der Waals surface area contributed by atoms with Gasteiger partial charge in [-0.2, -0.15) is 0 Å². The summed E-state index contributed by atoms with van der Waals surface area (Å²) in [6.07, 6.45) is 4.57. The molecule has 1 saturated heterocycles. The van der Waals surface area contributed by atoms with E-state index in [9.17, 15) is 4.55 Å². The number of aromatic nitrogens is 2. The SMILES string of the molecule is CCC(c1c[nH]cn1)C1N[S+]([O-])NC1C. The summed E-state index contributed by atoms with van der Waals surface area (Å²) < 4.78 is 17.3. The molecule has 0 saturated carbocycles. The Morgan fingerprint density at radius 1 is 1.60 bits per heavy atom. The zero-order valence-electron chi connectivity index (χ0n) is 8.86. The normalized spacial score (nSPS) is 33.1. The smallest absolute Gasteiger partial charge is 0.135 e. The van der Waals surface area contributed by atoms with E-state index in [-0.39, 0.29) is 12.1 Å². The van der Waals surface area contributed by atoms with Crippen LogP contribution in [0.3, 0.4) is 0 Å². The Bertz CT molecular complexity index is 305. The van der Waals surface area contributed by atoms with Crippen LogP contribution in [-0.4, -0.2) is 26.6 Å². The molecule has 1 aromatic heterocycles. The molecular formula is C9H16N4OS. The van der Waals surface area contributed by atoms with Crippen LogP contribution in [0, 0.1) is 0 Å². The monoisotopic (exact) mass is 228 g/mol. The molecule has 0 spiro atoms. The fourth-order valence-corrected chi connectivity index (χ4v) is 3.22. The Morgan fingerprint density at radius 2 is 2.40 bits per heavy atom. The largest absolute Gasteiger partial charge is 0.579 e. The molecule has 3 N–H and O–H groups in total. The molecule has 0 aromatic carbocycles. The first-order valence-electron chi connectivity index (χ1n) is 5.15. The van der Waals surface area contributed by atoms with Crippen molar-refractivity contribution in [2.75, 3.05) is 0 Å². The maximum atomic E-state index is 11.3. The van der Waals surface area contributed by atoms with Crippen molar-refractivity contribution in [1.82, 2.24) is 19.4 Å². The van der Waals surface area contributed by atoms with Crippen molar-refractivity contribution >= 4 is 11.5 Å². The van der Waals surface area contributed by atoms with Gasteiger partial charge in [-0.15, -0.1) is 9.44 Å². The average molecular weight is 228 g/mol. The Balaban J connectivity index is 2.13. The highest BCUT2D eigenvalue weighted by Crippen LogP contribution is 2.26. The molecule has 1 aliphatic heterocycles. The van der Waals surface area contributed by atoms with Crippen molar-refractivity contribution in [3.63, 3.8) is 0 Å². The van der Waals surface area contributed by atoms with Gasteiger partial charge >= 0.3 is 0 Å². The molecule has 0 aliphatic carbocycles. The number of rotatable bonds is 3. The standard InChI is InChI=1S/C9H16N4OS/c1-3-7(8-4-10-5-11-8)9-6(2)12-15(14)13-9/h4-7,9,12-13H,3H2,1-2H3,(H,10,11). The molecule has 84 valence electrons. The Morgan fingerprint density at radius 3 is 2.87 bits per heavy atom. The van der Waals surface area contributed by atoms with Crippen molar-refractivity contribution in [3.8, 4) is 0 Å². The lowest BCUT2D eigenvalue weighted by molar-refractivity contribution is 0.436. The molecule has 0 amide bonds. The molecule has 5 nitrogen and oxygen atoms in total. The molecule has 1 fully saturated rings. The van der Waals surface area contributed by atoms with Crippen LogP contribution in [0.5, 0.6) is 0 Å². The van der Waals surface area contributed by atoms with Crippen LogP contribution in [0.25, 0.3) is 0 Å². The van der Waals surface area contributed by atoms with Crippen LogP contribution < -0.4 is 9.44 Å². The number of hydrogen-bond donors (Lipinski definition) is 3. The van der Waals surface area contributed by atoms with Gasteiger partial charge in [0.25, 0.3) is 0 Å². The second kappa shape index (κ2) is 4.52. The predicted octanol–water partition coefficient (Wildman–Crippen LogP) is 0.432. The van der Waals surface area contributed by atoms with E-state index < -0.39 is 11.5 Å². The van der Waals surface area contributed by atoms with Crippen molar-refractivity contribution in [2.24, 2.45) is 0 Å². The van der Waals surface area contributed by atoms with E-state index in [1.165, 1.54) is 0 Å². The molecule has 15 heavy (non-hydrogen) atoms. The average Bonchev–Trinajstić information content (AvgIpc) is 2.79. The molecular weight excluding hydrogens is 212 g/mol. The number of nitrogens with zero attached hydrogens (tertiary/aromatic N) is 1. The Kier molecular flexibility index (Phi) is 3.30. The van der Waals surface area contributed by atoms with Crippen LogP contribution in [0.4, 0.5) is 0 Å². The highest BCUT2D eigenvalue weighted by molar-refractivity contribution is 7.87. The van der Waals surface area contributed by atoms with Gasteiger partial charge < -0.3 is 9.54 Å². The van der Waals surface area contributed by atoms with E-state index >= 15 is 0 Å². The van der Waals surface area contributed by atoms with Crippen molar-refractivity contribution in [2.45, 2.75) is 38.3 Å². The number of H-pyrrole nitrogens is 1. The number of imidazole rings is 1. The number of aromatic amines is 1. The van der Waals surface area contributed by atoms with Crippen LogP contribution in [0.15, 0.2) is 12.5 Å². The van der Waals surface area contributed by atoms with E-state index in [1.807, 2.05) is 13.1 Å². The molecule has 0 radical (unpaired) electrons. The van der Waals surface area contributed by atoms with E-state index in [0.717, 1.165) is 12.1 Å². The van der Waals surface area contributed by atoms with Gasteiger partial charge in [0.1, 0.15) is 11.5 Å². The van der Waals surface area contributed by atoms with Gasteiger partial charge in [0.2, 0.25) is 0 Å². The van der Waals surface area contributed by atoms with E-state index in [1.54, 1.807) is 6.33 Å². The molecule has 0 bridgehead atoms. The molecule has 4 unspecified atom stereocenters. The minimum absolute atomic E-state index is 0.180.